The van der Waals surface area contributed by atoms with E-state index in [0.717, 1.165) is 6.54 Å². The Balaban J connectivity index is 2.19. The zero-order valence-corrected chi connectivity index (χ0v) is 10.4. The number of nitrogens with one attached hydrogen (secondary N) is 1. The van der Waals surface area contributed by atoms with Gasteiger partial charge in [0.1, 0.15) is 6.04 Å². The standard InChI is InChI=1S/C12H16N4O3/c13-12(17)11-7-14-5-6-15(11)8-9-3-1-2-4-10(9)16(18)19/h1-4,11,14H,5-8H2,(H2,13,17). The number of para-hydroxylation sites is 1. The minimum absolute atomic E-state index is 0.0734. The van der Waals surface area contributed by atoms with Crippen LogP contribution >= 0.6 is 0 Å². The third-order valence-electron chi connectivity index (χ3n) is 3.24. The fourth-order valence-electron chi connectivity index (χ4n) is 2.26. The van der Waals surface area contributed by atoms with Gasteiger partial charge in [0.25, 0.3) is 5.69 Å². The number of primary amides is 1. The lowest BCUT2D eigenvalue weighted by molar-refractivity contribution is -0.385. The van der Waals surface area contributed by atoms with Crippen molar-refractivity contribution in [2.45, 2.75) is 12.6 Å². The molecule has 1 unspecified atom stereocenters. The number of nitrogens with zero attached hydrogens (tertiary/aromatic N) is 2. The van der Waals surface area contributed by atoms with Crippen LogP contribution in [0.5, 0.6) is 0 Å². The molecule has 1 heterocycles. The summed E-state index contributed by atoms with van der Waals surface area (Å²) in [7, 11) is 0. The second-order valence-electron chi connectivity index (χ2n) is 4.48. The van der Waals surface area contributed by atoms with Gasteiger partial charge in [-0.2, -0.15) is 0 Å². The monoisotopic (exact) mass is 264 g/mol. The summed E-state index contributed by atoms with van der Waals surface area (Å²) in [5, 5.41) is 14.1. The van der Waals surface area contributed by atoms with E-state index in [-0.39, 0.29) is 5.69 Å². The van der Waals surface area contributed by atoms with E-state index in [9.17, 15) is 14.9 Å². The zero-order chi connectivity index (χ0) is 13.8. The Labute approximate surface area is 110 Å². The van der Waals surface area contributed by atoms with Crippen molar-refractivity contribution in [2.24, 2.45) is 5.73 Å². The first-order valence-electron chi connectivity index (χ1n) is 6.06. The highest BCUT2D eigenvalue weighted by atomic mass is 16.6. The molecule has 102 valence electrons. The van der Waals surface area contributed by atoms with E-state index >= 15 is 0 Å². The number of piperazine rings is 1. The SMILES string of the molecule is NC(=O)C1CNCCN1Cc1ccccc1[N+](=O)[O-]. The van der Waals surface area contributed by atoms with Crippen molar-refractivity contribution in [1.29, 1.82) is 0 Å². The van der Waals surface area contributed by atoms with Gasteiger partial charge in [-0.25, -0.2) is 0 Å². The Morgan fingerprint density at radius 3 is 2.95 bits per heavy atom. The first kappa shape index (κ1) is 13.4. The summed E-state index contributed by atoms with van der Waals surface area (Å²) in [6.45, 7) is 2.21. The molecular weight excluding hydrogens is 248 g/mol. The Morgan fingerprint density at radius 2 is 2.26 bits per heavy atom. The molecule has 7 heteroatoms. The minimum atomic E-state index is -0.423. The summed E-state index contributed by atoms with van der Waals surface area (Å²) in [6.07, 6.45) is 0. The van der Waals surface area contributed by atoms with Crippen LogP contribution in [0.2, 0.25) is 0 Å². The number of carbonyl (C=O) groups is 1. The lowest BCUT2D eigenvalue weighted by Gasteiger charge is -2.33. The van der Waals surface area contributed by atoms with Gasteiger partial charge < -0.3 is 11.1 Å². The average molecular weight is 264 g/mol. The summed E-state index contributed by atoms with van der Waals surface area (Å²) >= 11 is 0. The maximum atomic E-state index is 11.4. The van der Waals surface area contributed by atoms with E-state index in [1.54, 1.807) is 18.2 Å². The number of nitro benzene ring substituents is 1. The summed E-state index contributed by atoms with van der Waals surface area (Å²) < 4.78 is 0. The molecule has 1 atom stereocenters. The Bertz CT molecular complexity index is 492. The van der Waals surface area contributed by atoms with E-state index in [0.29, 0.717) is 25.2 Å². The van der Waals surface area contributed by atoms with Crippen LogP contribution in [0.4, 0.5) is 5.69 Å². The van der Waals surface area contributed by atoms with Crippen LogP contribution in [0.3, 0.4) is 0 Å². The molecule has 3 N–H and O–H groups in total. The predicted molar refractivity (Wildman–Crippen MR) is 69.4 cm³/mol. The van der Waals surface area contributed by atoms with E-state index < -0.39 is 16.9 Å². The number of amides is 1. The summed E-state index contributed by atoms with van der Waals surface area (Å²) in [5.41, 5.74) is 6.03. The molecule has 0 aliphatic carbocycles. The lowest BCUT2D eigenvalue weighted by Crippen LogP contribution is -2.56. The molecule has 0 spiro atoms. The number of hydrogen-bond donors (Lipinski definition) is 2. The molecule has 2 rings (SSSR count). The van der Waals surface area contributed by atoms with Crippen LogP contribution in [-0.4, -0.2) is 41.4 Å². The molecular formula is C12H16N4O3. The zero-order valence-electron chi connectivity index (χ0n) is 10.4. The largest absolute Gasteiger partial charge is 0.368 e. The van der Waals surface area contributed by atoms with Crippen molar-refractivity contribution >= 4 is 11.6 Å². The van der Waals surface area contributed by atoms with Crippen molar-refractivity contribution in [1.82, 2.24) is 10.2 Å². The maximum Gasteiger partial charge on any atom is 0.273 e. The minimum Gasteiger partial charge on any atom is -0.368 e. The first-order valence-corrected chi connectivity index (χ1v) is 6.06. The summed E-state index contributed by atoms with van der Waals surface area (Å²) in [4.78, 5) is 23.8. The Hall–Kier alpha value is -1.99. The van der Waals surface area contributed by atoms with Gasteiger partial charge in [0.15, 0.2) is 0 Å². The average Bonchev–Trinajstić information content (AvgIpc) is 2.39. The predicted octanol–water partition coefficient (Wildman–Crippen LogP) is -0.146. The number of nitrogens with two attached hydrogens (primary N) is 1. The van der Waals surface area contributed by atoms with Crippen molar-refractivity contribution in [3.8, 4) is 0 Å². The van der Waals surface area contributed by atoms with Gasteiger partial charge in [-0.1, -0.05) is 18.2 Å². The third kappa shape index (κ3) is 3.07. The number of hydrogen-bond acceptors (Lipinski definition) is 5. The lowest BCUT2D eigenvalue weighted by atomic mass is 10.1. The van der Waals surface area contributed by atoms with E-state index in [1.165, 1.54) is 6.07 Å². The third-order valence-corrected chi connectivity index (χ3v) is 3.24. The molecule has 7 nitrogen and oxygen atoms in total. The van der Waals surface area contributed by atoms with Gasteiger partial charge in [0.05, 0.1) is 4.92 Å². The summed E-state index contributed by atoms with van der Waals surface area (Å²) in [6, 6.07) is 6.14. The number of nitro groups is 1. The normalized spacial score (nSPS) is 20.1. The van der Waals surface area contributed by atoms with Gasteiger partial charge >= 0.3 is 0 Å². The highest BCUT2D eigenvalue weighted by Gasteiger charge is 2.28. The Morgan fingerprint density at radius 1 is 1.53 bits per heavy atom. The molecule has 1 aromatic carbocycles. The maximum absolute atomic E-state index is 11.4. The number of carbonyl (C=O) groups excluding carboxylic acids is 1. The first-order chi connectivity index (χ1) is 9.09. The fraction of sp³-hybridized carbons (Fsp3) is 0.417. The second kappa shape index (κ2) is 5.77. The molecule has 1 saturated heterocycles. The molecule has 1 aliphatic heterocycles. The fourth-order valence-corrected chi connectivity index (χ4v) is 2.26. The smallest absolute Gasteiger partial charge is 0.273 e. The van der Waals surface area contributed by atoms with Gasteiger partial charge in [0, 0.05) is 37.8 Å². The molecule has 1 amide bonds. The van der Waals surface area contributed by atoms with Gasteiger partial charge in [-0.05, 0) is 0 Å². The molecule has 0 aromatic heterocycles. The number of rotatable bonds is 4. The van der Waals surface area contributed by atoms with Crippen molar-refractivity contribution in [3.63, 3.8) is 0 Å². The Kier molecular flexibility index (Phi) is 4.08. The van der Waals surface area contributed by atoms with E-state index in [4.69, 9.17) is 5.73 Å². The van der Waals surface area contributed by atoms with E-state index in [1.807, 2.05) is 4.90 Å². The highest BCUT2D eigenvalue weighted by Crippen LogP contribution is 2.20. The van der Waals surface area contributed by atoms with Crippen LogP contribution in [0.25, 0.3) is 0 Å². The highest BCUT2D eigenvalue weighted by molar-refractivity contribution is 5.80. The summed E-state index contributed by atoms with van der Waals surface area (Å²) in [5.74, 6) is -0.411. The van der Waals surface area contributed by atoms with E-state index in [2.05, 4.69) is 5.32 Å². The van der Waals surface area contributed by atoms with Crippen LogP contribution in [-0.2, 0) is 11.3 Å². The molecule has 1 aromatic rings. The van der Waals surface area contributed by atoms with Crippen molar-refractivity contribution in [2.75, 3.05) is 19.6 Å². The molecule has 1 fully saturated rings. The van der Waals surface area contributed by atoms with Crippen LogP contribution in [0.1, 0.15) is 5.56 Å². The molecule has 0 saturated carbocycles. The second-order valence-corrected chi connectivity index (χ2v) is 4.48. The van der Waals surface area contributed by atoms with Crippen molar-refractivity contribution < 1.29 is 9.72 Å². The van der Waals surface area contributed by atoms with Gasteiger partial charge in [-0.15, -0.1) is 0 Å². The van der Waals surface area contributed by atoms with Gasteiger partial charge in [0.2, 0.25) is 5.91 Å². The molecule has 0 radical (unpaired) electrons. The topological polar surface area (TPSA) is 102 Å². The molecule has 1 aliphatic rings. The van der Waals surface area contributed by atoms with Crippen LogP contribution in [0.15, 0.2) is 24.3 Å². The molecule has 0 bridgehead atoms. The molecule has 19 heavy (non-hydrogen) atoms. The van der Waals surface area contributed by atoms with Crippen LogP contribution in [0, 0.1) is 10.1 Å². The van der Waals surface area contributed by atoms with Gasteiger partial charge in [-0.3, -0.25) is 19.8 Å². The van der Waals surface area contributed by atoms with Crippen molar-refractivity contribution in [3.05, 3.63) is 39.9 Å². The quantitative estimate of drug-likeness (QED) is 0.582. The number of benzene rings is 1. The van der Waals surface area contributed by atoms with Crippen LogP contribution < -0.4 is 11.1 Å².